The Bertz CT molecular complexity index is 950. The Balaban J connectivity index is 1.48. The van der Waals surface area contributed by atoms with Crippen LogP contribution in [0, 0.1) is 0 Å². The van der Waals surface area contributed by atoms with Crippen molar-refractivity contribution in [2.75, 3.05) is 38.2 Å². The molecule has 3 heterocycles. The molecule has 1 fully saturated rings. The molecule has 3 aromatic rings. The highest BCUT2D eigenvalue weighted by atomic mass is 79.9. The van der Waals surface area contributed by atoms with E-state index in [1.54, 1.807) is 18.5 Å². The number of morpholine rings is 1. The van der Waals surface area contributed by atoms with Gasteiger partial charge in [-0.1, -0.05) is 0 Å². The molecule has 1 saturated heterocycles. The quantitative estimate of drug-likeness (QED) is 0.652. The van der Waals surface area contributed by atoms with Gasteiger partial charge in [0.05, 0.1) is 18.8 Å². The molecule has 1 aromatic carbocycles. The number of amides is 1. The van der Waals surface area contributed by atoms with Crippen molar-refractivity contribution in [1.29, 1.82) is 0 Å². The van der Waals surface area contributed by atoms with E-state index in [0.29, 0.717) is 5.56 Å². The number of ether oxygens (including phenoxy) is 1. The Morgan fingerprint density at radius 2 is 2.11 bits per heavy atom. The van der Waals surface area contributed by atoms with E-state index in [0.717, 1.165) is 60.3 Å². The number of anilines is 1. The Kier molecular flexibility index (Phi) is 5.52. The molecule has 0 spiro atoms. The normalized spacial score (nSPS) is 15.1. The van der Waals surface area contributed by atoms with E-state index >= 15 is 0 Å². The summed E-state index contributed by atoms with van der Waals surface area (Å²) in [6, 6.07) is 7.70. The first-order valence-corrected chi connectivity index (χ1v) is 9.80. The summed E-state index contributed by atoms with van der Waals surface area (Å²) in [6.45, 7) is 4.62. The van der Waals surface area contributed by atoms with Gasteiger partial charge in [0, 0.05) is 59.3 Å². The summed E-state index contributed by atoms with van der Waals surface area (Å²) in [7, 11) is 0. The summed E-state index contributed by atoms with van der Waals surface area (Å²) in [5.74, 6) is -0.173. The van der Waals surface area contributed by atoms with Gasteiger partial charge in [-0.25, -0.2) is 0 Å². The molecule has 2 aromatic heterocycles. The molecule has 1 aliphatic rings. The van der Waals surface area contributed by atoms with Crippen molar-refractivity contribution in [2.24, 2.45) is 0 Å². The molecule has 27 heavy (non-hydrogen) atoms. The highest BCUT2D eigenvalue weighted by molar-refractivity contribution is 9.10. The van der Waals surface area contributed by atoms with Crippen molar-refractivity contribution in [2.45, 2.75) is 6.42 Å². The van der Waals surface area contributed by atoms with Gasteiger partial charge in [0.2, 0.25) is 0 Å². The van der Waals surface area contributed by atoms with E-state index in [2.05, 4.69) is 42.3 Å². The van der Waals surface area contributed by atoms with E-state index in [1.807, 2.05) is 18.2 Å². The predicted molar refractivity (Wildman–Crippen MR) is 109 cm³/mol. The number of hydrogen-bond acceptors (Lipinski definition) is 4. The van der Waals surface area contributed by atoms with Gasteiger partial charge >= 0.3 is 0 Å². The van der Waals surface area contributed by atoms with Crippen LogP contribution in [0.15, 0.2) is 47.3 Å². The average Bonchev–Trinajstić information content (AvgIpc) is 3.09. The lowest BCUT2D eigenvalue weighted by molar-refractivity contribution is 0.0385. The zero-order chi connectivity index (χ0) is 18.6. The van der Waals surface area contributed by atoms with Crippen LogP contribution in [0.4, 0.5) is 5.69 Å². The van der Waals surface area contributed by atoms with E-state index in [-0.39, 0.29) is 5.91 Å². The van der Waals surface area contributed by atoms with Crippen molar-refractivity contribution < 1.29 is 9.53 Å². The first-order chi connectivity index (χ1) is 13.2. The fourth-order valence-corrected chi connectivity index (χ4v) is 3.67. The van der Waals surface area contributed by atoms with Crippen LogP contribution in [0.5, 0.6) is 0 Å². The van der Waals surface area contributed by atoms with Crippen LogP contribution in [-0.2, 0) is 11.2 Å². The molecule has 6 nitrogen and oxygen atoms in total. The molecule has 1 amide bonds. The van der Waals surface area contributed by atoms with Gasteiger partial charge < -0.3 is 15.0 Å². The van der Waals surface area contributed by atoms with Crippen LogP contribution >= 0.6 is 15.9 Å². The number of nitrogens with one attached hydrogen (secondary N) is 2. The summed E-state index contributed by atoms with van der Waals surface area (Å²) in [4.78, 5) is 22.3. The van der Waals surface area contributed by atoms with E-state index in [4.69, 9.17) is 4.74 Å². The zero-order valence-corrected chi connectivity index (χ0v) is 16.5. The third kappa shape index (κ3) is 4.37. The number of halogens is 1. The molecule has 0 atom stereocenters. The van der Waals surface area contributed by atoms with E-state index in [9.17, 15) is 4.79 Å². The number of carbonyl (C=O) groups excluding carboxylic acids is 1. The second-order valence-electron chi connectivity index (χ2n) is 6.62. The van der Waals surface area contributed by atoms with Gasteiger partial charge in [-0.15, -0.1) is 0 Å². The summed E-state index contributed by atoms with van der Waals surface area (Å²) in [6.07, 6.45) is 6.24. The van der Waals surface area contributed by atoms with Crippen molar-refractivity contribution >= 4 is 38.4 Å². The largest absolute Gasteiger partial charge is 0.379 e. The Labute approximate surface area is 166 Å². The van der Waals surface area contributed by atoms with Gasteiger partial charge in [0.1, 0.15) is 0 Å². The molecule has 0 bridgehead atoms. The molecule has 0 aliphatic carbocycles. The predicted octanol–water partition coefficient (Wildman–Crippen LogP) is 3.45. The number of benzene rings is 1. The first kappa shape index (κ1) is 18.2. The monoisotopic (exact) mass is 428 g/mol. The molecular weight excluding hydrogens is 408 g/mol. The minimum absolute atomic E-state index is 0.173. The maximum atomic E-state index is 12.5. The number of hydrogen-bond donors (Lipinski definition) is 2. The average molecular weight is 429 g/mol. The summed E-state index contributed by atoms with van der Waals surface area (Å²) < 4.78 is 6.19. The molecule has 4 rings (SSSR count). The molecule has 0 saturated carbocycles. The van der Waals surface area contributed by atoms with Crippen LogP contribution in [-0.4, -0.2) is 53.6 Å². The Morgan fingerprint density at radius 1 is 1.26 bits per heavy atom. The third-order valence-corrected chi connectivity index (χ3v) is 5.23. The van der Waals surface area contributed by atoms with Gasteiger partial charge in [-0.05, 0) is 52.2 Å². The fraction of sp³-hybridized carbons (Fsp3) is 0.300. The van der Waals surface area contributed by atoms with E-state index in [1.165, 1.54) is 5.56 Å². The number of aromatic amines is 1. The second kappa shape index (κ2) is 8.21. The second-order valence-corrected chi connectivity index (χ2v) is 7.54. The van der Waals surface area contributed by atoms with Gasteiger partial charge in [0.15, 0.2) is 0 Å². The minimum Gasteiger partial charge on any atom is -0.379 e. The summed E-state index contributed by atoms with van der Waals surface area (Å²) in [5, 5.41) is 4.11. The highest BCUT2D eigenvalue weighted by Crippen LogP contribution is 2.24. The number of H-pyrrole nitrogens is 1. The molecule has 2 N–H and O–H groups in total. The highest BCUT2D eigenvalue weighted by Gasteiger charge is 2.13. The maximum Gasteiger partial charge on any atom is 0.257 e. The van der Waals surface area contributed by atoms with Crippen molar-refractivity contribution in [1.82, 2.24) is 14.9 Å². The molecule has 0 unspecified atom stereocenters. The van der Waals surface area contributed by atoms with Crippen LogP contribution < -0.4 is 5.32 Å². The van der Waals surface area contributed by atoms with E-state index < -0.39 is 0 Å². The summed E-state index contributed by atoms with van der Waals surface area (Å²) in [5.41, 5.74) is 3.64. The van der Waals surface area contributed by atoms with Crippen molar-refractivity contribution in [3.05, 3.63) is 58.5 Å². The van der Waals surface area contributed by atoms with Crippen molar-refractivity contribution in [3.8, 4) is 0 Å². The smallest absolute Gasteiger partial charge is 0.257 e. The molecule has 0 radical (unpaired) electrons. The topological polar surface area (TPSA) is 70.2 Å². The van der Waals surface area contributed by atoms with Crippen LogP contribution in [0.2, 0.25) is 0 Å². The van der Waals surface area contributed by atoms with Crippen molar-refractivity contribution in [3.63, 3.8) is 0 Å². The SMILES string of the molecule is O=C(Nc1ccc2[nH]cc(CCN3CCOCC3)c2c1)c1cncc(Br)c1. The maximum absolute atomic E-state index is 12.5. The number of rotatable bonds is 5. The number of fused-ring (bicyclic) bond motifs is 1. The number of carbonyl (C=O) groups is 1. The lowest BCUT2D eigenvalue weighted by Crippen LogP contribution is -2.37. The summed E-state index contributed by atoms with van der Waals surface area (Å²) >= 11 is 3.34. The van der Waals surface area contributed by atoms with Crippen LogP contribution in [0.1, 0.15) is 15.9 Å². The van der Waals surface area contributed by atoms with Crippen LogP contribution in [0.25, 0.3) is 10.9 Å². The fourth-order valence-electron chi connectivity index (χ4n) is 3.31. The molecule has 140 valence electrons. The molecule has 7 heteroatoms. The minimum atomic E-state index is -0.173. The first-order valence-electron chi connectivity index (χ1n) is 9.01. The molecule has 1 aliphatic heterocycles. The van der Waals surface area contributed by atoms with Crippen LogP contribution in [0.3, 0.4) is 0 Å². The number of nitrogens with zero attached hydrogens (tertiary/aromatic N) is 2. The standard InChI is InChI=1S/C20H21BrN4O2/c21-16-9-15(11-22-13-16)20(26)24-17-1-2-19-18(10-17)14(12-23-19)3-4-25-5-7-27-8-6-25/h1-2,9-13,23H,3-8H2,(H,24,26). The number of aromatic nitrogens is 2. The zero-order valence-electron chi connectivity index (χ0n) is 14.9. The lowest BCUT2D eigenvalue weighted by Gasteiger charge is -2.26. The Hall–Kier alpha value is -2.22. The number of pyridine rings is 1. The lowest BCUT2D eigenvalue weighted by atomic mass is 10.1. The Morgan fingerprint density at radius 3 is 2.93 bits per heavy atom. The third-order valence-electron chi connectivity index (χ3n) is 4.79. The molecular formula is C20H21BrN4O2. The van der Waals surface area contributed by atoms with Gasteiger partial charge in [-0.2, -0.15) is 0 Å². The van der Waals surface area contributed by atoms with Gasteiger partial charge in [-0.3, -0.25) is 14.7 Å². The van der Waals surface area contributed by atoms with Gasteiger partial charge in [0.25, 0.3) is 5.91 Å².